The molecule has 1 aliphatic carbocycles. The molecule has 9 heteroatoms. The van der Waals surface area contributed by atoms with Crippen molar-refractivity contribution in [1.29, 1.82) is 0 Å². The number of aromatic nitrogens is 2. The normalized spacial score (nSPS) is 16.1. The largest absolute Gasteiger partial charge is 0.437 e. The molecule has 26 heavy (non-hydrogen) atoms. The molecule has 0 radical (unpaired) electrons. The maximum atomic E-state index is 12.6. The highest BCUT2D eigenvalue weighted by Crippen LogP contribution is 2.36. The zero-order chi connectivity index (χ0) is 18.7. The summed E-state index contributed by atoms with van der Waals surface area (Å²) in [6.07, 6.45) is 2.13. The Hall–Kier alpha value is -2.65. The molecule has 0 aliphatic heterocycles. The molecule has 3 aromatic rings. The number of benzene rings is 1. The molecule has 1 aliphatic rings. The van der Waals surface area contributed by atoms with Crippen molar-refractivity contribution in [1.82, 2.24) is 13.9 Å². The van der Waals surface area contributed by atoms with Gasteiger partial charge in [-0.3, -0.25) is 9.36 Å². The molecular formula is C17H17N3O5S. The number of hydrogen-bond acceptors (Lipinski definition) is 5. The molecule has 4 rings (SSSR count). The van der Waals surface area contributed by atoms with Gasteiger partial charge < -0.3 is 4.42 Å². The molecule has 0 saturated heterocycles. The van der Waals surface area contributed by atoms with Crippen LogP contribution in [0.1, 0.15) is 30.3 Å². The summed E-state index contributed by atoms with van der Waals surface area (Å²) >= 11 is 0. The lowest BCUT2D eigenvalue weighted by Crippen LogP contribution is -2.34. The van der Waals surface area contributed by atoms with E-state index in [1.165, 1.54) is 33.4 Å². The van der Waals surface area contributed by atoms with Gasteiger partial charge in [0, 0.05) is 18.7 Å². The molecule has 0 amide bonds. The third-order valence-corrected chi connectivity index (χ3v) is 6.30. The first-order chi connectivity index (χ1) is 12.2. The number of imidazole rings is 1. The quantitative estimate of drug-likeness (QED) is 0.682. The number of nitrogens with zero attached hydrogens (tertiary/aromatic N) is 2. The highest BCUT2D eigenvalue weighted by Gasteiger charge is 2.41. The third-order valence-electron chi connectivity index (χ3n) is 4.67. The Balaban J connectivity index is 1.91. The number of carbonyl (C=O) groups is 1. The fourth-order valence-corrected chi connectivity index (χ4v) is 4.39. The molecule has 1 N–H and O–H groups in total. The second kappa shape index (κ2) is 5.42. The van der Waals surface area contributed by atoms with E-state index in [9.17, 15) is 18.0 Å². The lowest BCUT2D eigenvalue weighted by atomic mass is 10.3. The van der Waals surface area contributed by atoms with Crippen LogP contribution < -0.4 is 10.4 Å². The van der Waals surface area contributed by atoms with Crippen molar-refractivity contribution in [2.24, 2.45) is 7.05 Å². The van der Waals surface area contributed by atoms with Crippen molar-refractivity contribution in [2.45, 2.75) is 30.2 Å². The van der Waals surface area contributed by atoms with E-state index < -0.39 is 21.3 Å². The monoisotopic (exact) mass is 375 g/mol. The van der Waals surface area contributed by atoms with Crippen LogP contribution >= 0.6 is 0 Å². The standard InChI is InChI=1S/C17H17N3O5S/c1-17(7-8-17)18-26(23,24)12-4-5-13-14(9-12)20(16(22)19(13)2)15-6-3-11(10-21)25-15/h3-6,9-10,18H,7-8H2,1-2H3. The summed E-state index contributed by atoms with van der Waals surface area (Å²) in [5.74, 6) is 0.232. The minimum atomic E-state index is -3.71. The second-order valence-electron chi connectivity index (χ2n) is 6.79. The van der Waals surface area contributed by atoms with Crippen LogP contribution in [0.5, 0.6) is 0 Å². The summed E-state index contributed by atoms with van der Waals surface area (Å²) in [5, 5.41) is 0. The Morgan fingerprint density at radius 3 is 2.54 bits per heavy atom. The molecule has 2 heterocycles. The average Bonchev–Trinajstić information content (AvgIpc) is 3.04. The summed E-state index contributed by atoms with van der Waals surface area (Å²) in [7, 11) is -2.12. The van der Waals surface area contributed by atoms with Gasteiger partial charge >= 0.3 is 5.69 Å². The fraction of sp³-hybridized carbons (Fsp3) is 0.294. The van der Waals surface area contributed by atoms with Gasteiger partial charge in [-0.25, -0.2) is 22.5 Å². The van der Waals surface area contributed by atoms with E-state index in [1.54, 1.807) is 13.1 Å². The number of hydrogen-bond donors (Lipinski definition) is 1. The first-order valence-electron chi connectivity index (χ1n) is 8.05. The van der Waals surface area contributed by atoms with E-state index in [0.29, 0.717) is 17.3 Å². The van der Waals surface area contributed by atoms with Gasteiger partial charge in [0.2, 0.25) is 15.9 Å². The molecule has 1 aromatic carbocycles. The Kier molecular flexibility index (Phi) is 3.50. The van der Waals surface area contributed by atoms with Crippen LogP contribution in [0.15, 0.2) is 44.4 Å². The second-order valence-corrected chi connectivity index (χ2v) is 8.47. The smallest absolute Gasteiger partial charge is 0.335 e. The van der Waals surface area contributed by atoms with E-state index in [-0.39, 0.29) is 16.5 Å². The number of fused-ring (bicyclic) bond motifs is 1. The summed E-state index contributed by atoms with van der Waals surface area (Å²) in [6.45, 7) is 1.85. The summed E-state index contributed by atoms with van der Waals surface area (Å²) < 4.78 is 36.0. The van der Waals surface area contributed by atoms with Crippen LogP contribution in [0.2, 0.25) is 0 Å². The van der Waals surface area contributed by atoms with Crippen LogP contribution in [0.3, 0.4) is 0 Å². The lowest BCUT2D eigenvalue weighted by molar-refractivity contribution is 0.110. The molecule has 8 nitrogen and oxygen atoms in total. The van der Waals surface area contributed by atoms with Gasteiger partial charge in [-0.1, -0.05) is 0 Å². The van der Waals surface area contributed by atoms with Crippen molar-refractivity contribution >= 4 is 27.3 Å². The van der Waals surface area contributed by atoms with Crippen molar-refractivity contribution in [3.63, 3.8) is 0 Å². The highest BCUT2D eigenvalue weighted by molar-refractivity contribution is 7.89. The Bertz CT molecular complexity index is 1190. The zero-order valence-electron chi connectivity index (χ0n) is 14.2. The SMILES string of the molecule is Cn1c(=O)n(-c2ccc(C=O)o2)c2cc(S(=O)(=O)NC3(C)CC3)ccc21. The van der Waals surface area contributed by atoms with Gasteiger partial charge in [0.25, 0.3) is 0 Å². The van der Waals surface area contributed by atoms with Crippen LogP contribution in [-0.2, 0) is 17.1 Å². The molecule has 136 valence electrons. The van der Waals surface area contributed by atoms with Crippen LogP contribution in [0.25, 0.3) is 16.9 Å². The molecule has 0 atom stereocenters. The Labute approximate surface area is 149 Å². The maximum absolute atomic E-state index is 12.6. The van der Waals surface area contributed by atoms with E-state index in [4.69, 9.17) is 4.42 Å². The summed E-state index contributed by atoms with van der Waals surface area (Å²) in [5.41, 5.74) is 0.136. The molecule has 1 saturated carbocycles. The predicted octanol–water partition coefficient (Wildman–Crippen LogP) is 1.57. The van der Waals surface area contributed by atoms with Crippen LogP contribution in [0.4, 0.5) is 0 Å². The summed E-state index contributed by atoms with van der Waals surface area (Å²) in [4.78, 5) is 23.5. The molecular weight excluding hydrogens is 358 g/mol. The maximum Gasteiger partial charge on any atom is 0.335 e. The molecule has 0 spiro atoms. The van der Waals surface area contributed by atoms with Gasteiger partial charge in [0.15, 0.2) is 12.0 Å². The number of furan rings is 1. The van der Waals surface area contributed by atoms with Crippen molar-refractivity contribution in [3.8, 4) is 5.88 Å². The van der Waals surface area contributed by atoms with E-state index in [2.05, 4.69) is 4.72 Å². The molecule has 2 aromatic heterocycles. The number of sulfonamides is 1. The zero-order valence-corrected chi connectivity index (χ0v) is 15.0. The average molecular weight is 375 g/mol. The van der Waals surface area contributed by atoms with E-state index in [1.807, 2.05) is 6.92 Å². The van der Waals surface area contributed by atoms with Gasteiger partial charge in [0.1, 0.15) is 0 Å². The molecule has 1 fully saturated rings. The first-order valence-corrected chi connectivity index (χ1v) is 9.53. The number of carbonyl (C=O) groups excluding carboxylic acids is 1. The minimum Gasteiger partial charge on any atom is -0.437 e. The van der Waals surface area contributed by atoms with Crippen molar-refractivity contribution in [3.05, 3.63) is 46.6 Å². The minimum absolute atomic E-state index is 0.0691. The Morgan fingerprint density at radius 1 is 1.19 bits per heavy atom. The third kappa shape index (κ3) is 2.60. The van der Waals surface area contributed by atoms with Gasteiger partial charge in [-0.05, 0) is 44.0 Å². The van der Waals surface area contributed by atoms with E-state index >= 15 is 0 Å². The topological polar surface area (TPSA) is 103 Å². The molecule has 0 unspecified atom stereocenters. The summed E-state index contributed by atoms with van der Waals surface area (Å²) in [6, 6.07) is 7.44. The predicted molar refractivity (Wildman–Crippen MR) is 94.1 cm³/mol. The van der Waals surface area contributed by atoms with Gasteiger partial charge in [-0.15, -0.1) is 0 Å². The number of aldehydes is 1. The lowest BCUT2D eigenvalue weighted by Gasteiger charge is -2.12. The molecule has 0 bridgehead atoms. The van der Waals surface area contributed by atoms with Crippen molar-refractivity contribution in [2.75, 3.05) is 0 Å². The van der Waals surface area contributed by atoms with E-state index in [0.717, 1.165) is 12.8 Å². The highest BCUT2D eigenvalue weighted by atomic mass is 32.2. The number of nitrogens with one attached hydrogen (secondary N) is 1. The fourth-order valence-electron chi connectivity index (χ4n) is 2.90. The Morgan fingerprint density at radius 2 is 1.92 bits per heavy atom. The van der Waals surface area contributed by atoms with Crippen LogP contribution in [-0.4, -0.2) is 29.4 Å². The van der Waals surface area contributed by atoms with Gasteiger partial charge in [-0.2, -0.15) is 0 Å². The number of aryl methyl sites for hydroxylation is 1. The van der Waals surface area contributed by atoms with Crippen LogP contribution in [0, 0.1) is 0 Å². The first kappa shape index (κ1) is 16.8. The van der Waals surface area contributed by atoms with Crippen molar-refractivity contribution < 1.29 is 17.6 Å². The number of rotatable bonds is 5. The van der Waals surface area contributed by atoms with Gasteiger partial charge in [0.05, 0.1) is 15.9 Å².